The van der Waals surface area contributed by atoms with E-state index in [9.17, 15) is 18.0 Å². The molecule has 0 aliphatic rings. The molecular weight excluding hydrogens is 281 g/mol. The molecule has 0 saturated carbocycles. The number of carbonyl (C=O) groups is 1. The van der Waals surface area contributed by atoms with Gasteiger partial charge in [0.25, 0.3) is 0 Å². The molecule has 0 heterocycles. The molecule has 0 saturated heterocycles. The zero-order valence-corrected chi connectivity index (χ0v) is 11.5. The molecule has 0 aliphatic heterocycles. The highest BCUT2D eigenvalue weighted by molar-refractivity contribution is 5.98. The van der Waals surface area contributed by atoms with Crippen LogP contribution in [0.15, 0.2) is 42.5 Å². The van der Waals surface area contributed by atoms with E-state index in [1.165, 1.54) is 26.2 Å². The molecule has 0 aromatic heterocycles. The van der Waals surface area contributed by atoms with Crippen molar-refractivity contribution in [2.24, 2.45) is 0 Å². The Bertz CT molecular complexity index is 658. The lowest BCUT2D eigenvalue weighted by atomic mass is 9.99. The topological polar surface area (TPSA) is 26.3 Å². The standard InChI is InChI=1S/C16H13F3O2/c1-10(20)14-9-12(5-8-15(14)21-2)11-3-6-13(7-4-11)16(17,18)19/h3-9H,1-2H3. The Balaban J connectivity index is 2.43. The summed E-state index contributed by atoms with van der Waals surface area (Å²) in [4.78, 5) is 11.6. The summed E-state index contributed by atoms with van der Waals surface area (Å²) in [6.45, 7) is 1.41. The van der Waals surface area contributed by atoms with Gasteiger partial charge in [-0.1, -0.05) is 18.2 Å². The van der Waals surface area contributed by atoms with Crippen molar-refractivity contribution in [2.45, 2.75) is 13.1 Å². The SMILES string of the molecule is COc1ccc(-c2ccc(C(F)(F)F)cc2)cc1C(C)=O. The molecule has 0 bridgehead atoms. The first-order valence-electron chi connectivity index (χ1n) is 6.19. The van der Waals surface area contributed by atoms with Crippen LogP contribution in [-0.2, 0) is 6.18 Å². The third kappa shape index (κ3) is 3.24. The third-order valence-corrected chi connectivity index (χ3v) is 3.12. The van der Waals surface area contributed by atoms with Gasteiger partial charge in [0.15, 0.2) is 5.78 Å². The van der Waals surface area contributed by atoms with Crippen LogP contribution in [0.4, 0.5) is 13.2 Å². The first-order valence-corrected chi connectivity index (χ1v) is 6.19. The molecule has 110 valence electrons. The van der Waals surface area contributed by atoms with Gasteiger partial charge in [-0.25, -0.2) is 0 Å². The summed E-state index contributed by atoms with van der Waals surface area (Å²) in [5, 5.41) is 0. The number of halogens is 3. The molecule has 2 rings (SSSR count). The van der Waals surface area contributed by atoms with Crippen LogP contribution in [0.3, 0.4) is 0 Å². The number of hydrogen-bond acceptors (Lipinski definition) is 2. The van der Waals surface area contributed by atoms with Gasteiger partial charge in [0.2, 0.25) is 0 Å². The fourth-order valence-electron chi connectivity index (χ4n) is 2.01. The molecule has 0 spiro atoms. The van der Waals surface area contributed by atoms with Crippen molar-refractivity contribution >= 4 is 5.78 Å². The van der Waals surface area contributed by atoms with Gasteiger partial charge in [0.05, 0.1) is 18.2 Å². The molecule has 2 aromatic carbocycles. The number of carbonyl (C=O) groups excluding carboxylic acids is 1. The maximum Gasteiger partial charge on any atom is 0.416 e. The molecule has 0 aliphatic carbocycles. The van der Waals surface area contributed by atoms with Gasteiger partial charge < -0.3 is 4.74 Å². The van der Waals surface area contributed by atoms with Crippen LogP contribution in [0.1, 0.15) is 22.8 Å². The zero-order chi connectivity index (χ0) is 15.6. The van der Waals surface area contributed by atoms with E-state index in [1.807, 2.05) is 0 Å². The second-order valence-electron chi connectivity index (χ2n) is 4.55. The smallest absolute Gasteiger partial charge is 0.416 e. The quantitative estimate of drug-likeness (QED) is 0.774. The Morgan fingerprint density at radius 1 is 1.00 bits per heavy atom. The minimum atomic E-state index is -4.36. The lowest BCUT2D eigenvalue weighted by Crippen LogP contribution is -2.04. The average Bonchev–Trinajstić information content (AvgIpc) is 2.45. The van der Waals surface area contributed by atoms with E-state index in [4.69, 9.17) is 4.74 Å². The number of ketones is 1. The van der Waals surface area contributed by atoms with E-state index in [2.05, 4.69) is 0 Å². The highest BCUT2D eigenvalue weighted by Crippen LogP contribution is 2.32. The minimum absolute atomic E-state index is 0.166. The molecule has 2 aromatic rings. The van der Waals surface area contributed by atoms with Crippen LogP contribution in [0.2, 0.25) is 0 Å². The Morgan fingerprint density at radius 2 is 1.57 bits per heavy atom. The van der Waals surface area contributed by atoms with Crippen LogP contribution >= 0.6 is 0 Å². The summed E-state index contributed by atoms with van der Waals surface area (Å²) in [7, 11) is 1.46. The molecule has 0 N–H and O–H groups in total. The first kappa shape index (κ1) is 15.1. The molecule has 0 atom stereocenters. The van der Waals surface area contributed by atoms with Crippen molar-refractivity contribution in [3.63, 3.8) is 0 Å². The molecule has 2 nitrogen and oxygen atoms in total. The van der Waals surface area contributed by atoms with Gasteiger partial charge in [0, 0.05) is 0 Å². The van der Waals surface area contributed by atoms with Crippen LogP contribution in [0, 0.1) is 0 Å². The fourth-order valence-corrected chi connectivity index (χ4v) is 2.01. The fraction of sp³-hybridized carbons (Fsp3) is 0.188. The van der Waals surface area contributed by atoms with Crippen molar-refractivity contribution in [3.05, 3.63) is 53.6 Å². The van der Waals surface area contributed by atoms with Gasteiger partial charge in [-0.3, -0.25) is 4.79 Å². The Hall–Kier alpha value is -2.30. The van der Waals surface area contributed by atoms with E-state index in [0.29, 0.717) is 22.4 Å². The average molecular weight is 294 g/mol. The summed E-state index contributed by atoms with van der Waals surface area (Å²) in [6, 6.07) is 9.75. The first-order chi connectivity index (χ1) is 9.82. The van der Waals surface area contributed by atoms with E-state index in [0.717, 1.165) is 12.1 Å². The minimum Gasteiger partial charge on any atom is -0.496 e. The number of methoxy groups -OCH3 is 1. The van der Waals surface area contributed by atoms with E-state index >= 15 is 0 Å². The molecule has 0 amide bonds. The lowest BCUT2D eigenvalue weighted by molar-refractivity contribution is -0.137. The van der Waals surface area contributed by atoms with Crippen LogP contribution in [-0.4, -0.2) is 12.9 Å². The zero-order valence-electron chi connectivity index (χ0n) is 11.5. The van der Waals surface area contributed by atoms with Crippen molar-refractivity contribution < 1.29 is 22.7 Å². The Morgan fingerprint density at radius 3 is 2.05 bits per heavy atom. The van der Waals surface area contributed by atoms with Crippen molar-refractivity contribution in [3.8, 4) is 16.9 Å². The Kier molecular flexibility index (Phi) is 4.02. The van der Waals surface area contributed by atoms with Crippen molar-refractivity contribution in [2.75, 3.05) is 7.11 Å². The van der Waals surface area contributed by atoms with Crippen LogP contribution in [0.5, 0.6) is 5.75 Å². The molecular formula is C16H13F3O2. The molecule has 0 radical (unpaired) electrons. The predicted octanol–water partition coefficient (Wildman–Crippen LogP) is 4.58. The van der Waals surface area contributed by atoms with E-state index < -0.39 is 11.7 Å². The number of ether oxygens (including phenoxy) is 1. The molecule has 21 heavy (non-hydrogen) atoms. The summed E-state index contributed by atoms with van der Waals surface area (Å²) in [5.74, 6) is 0.277. The maximum absolute atomic E-state index is 12.5. The highest BCUT2D eigenvalue weighted by atomic mass is 19.4. The van der Waals surface area contributed by atoms with Gasteiger partial charge >= 0.3 is 6.18 Å². The summed E-state index contributed by atoms with van der Waals surface area (Å²) in [5.41, 5.74) is 0.962. The lowest BCUT2D eigenvalue weighted by Gasteiger charge is -2.10. The largest absolute Gasteiger partial charge is 0.496 e. The number of hydrogen-bond donors (Lipinski definition) is 0. The normalized spacial score (nSPS) is 11.3. The monoisotopic (exact) mass is 294 g/mol. The van der Waals surface area contributed by atoms with Crippen LogP contribution < -0.4 is 4.74 Å². The molecule has 0 fully saturated rings. The number of alkyl halides is 3. The Labute approximate surface area is 120 Å². The predicted molar refractivity (Wildman–Crippen MR) is 73.4 cm³/mol. The number of rotatable bonds is 3. The second kappa shape index (κ2) is 5.60. The third-order valence-electron chi connectivity index (χ3n) is 3.12. The van der Waals surface area contributed by atoms with E-state index in [1.54, 1.807) is 18.2 Å². The molecule has 5 heteroatoms. The highest BCUT2D eigenvalue weighted by Gasteiger charge is 2.29. The van der Waals surface area contributed by atoms with Crippen molar-refractivity contribution in [1.29, 1.82) is 0 Å². The van der Waals surface area contributed by atoms with Crippen LogP contribution in [0.25, 0.3) is 11.1 Å². The maximum atomic E-state index is 12.5. The van der Waals surface area contributed by atoms with E-state index in [-0.39, 0.29) is 5.78 Å². The number of Topliss-reactive ketones (excluding diaryl/α,β-unsaturated/α-hetero) is 1. The van der Waals surface area contributed by atoms with Gasteiger partial charge in [0.1, 0.15) is 5.75 Å². The van der Waals surface area contributed by atoms with Gasteiger partial charge in [-0.15, -0.1) is 0 Å². The summed E-state index contributed by atoms with van der Waals surface area (Å²) in [6.07, 6.45) is -4.36. The van der Waals surface area contributed by atoms with Gasteiger partial charge in [-0.2, -0.15) is 13.2 Å². The molecule has 0 unspecified atom stereocenters. The summed E-state index contributed by atoms with van der Waals surface area (Å²) < 4.78 is 42.7. The summed E-state index contributed by atoms with van der Waals surface area (Å²) >= 11 is 0. The van der Waals surface area contributed by atoms with Crippen molar-refractivity contribution in [1.82, 2.24) is 0 Å². The number of benzene rings is 2. The van der Waals surface area contributed by atoms with Gasteiger partial charge in [-0.05, 0) is 42.3 Å². The second-order valence-corrected chi connectivity index (χ2v) is 4.55.